The van der Waals surface area contributed by atoms with E-state index in [2.05, 4.69) is 57.2 Å². The van der Waals surface area contributed by atoms with E-state index in [0.717, 1.165) is 11.2 Å². The molecule has 100 valence electrons. The quantitative estimate of drug-likeness (QED) is 0.646. The van der Waals surface area contributed by atoms with E-state index >= 15 is 0 Å². The summed E-state index contributed by atoms with van der Waals surface area (Å²) < 4.78 is 0. The molecule has 1 aromatic heterocycles. The molecule has 0 N–H and O–H groups in total. The maximum Gasteiger partial charge on any atom is 0.0708 e. The number of unbranched alkanes of at least 4 members (excludes halogenated alkanes) is 3. The van der Waals surface area contributed by atoms with Crippen molar-refractivity contribution >= 4 is 17.0 Å². The van der Waals surface area contributed by atoms with Crippen molar-refractivity contribution in [3.63, 3.8) is 0 Å². The Labute approximate surface area is 116 Å². The molecule has 0 amide bonds. The van der Waals surface area contributed by atoms with Crippen LogP contribution in [0, 0.1) is 13.8 Å². The van der Waals surface area contributed by atoms with E-state index < -0.39 is 0 Å². The van der Waals surface area contributed by atoms with Crippen LogP contribution in [0.15, 0.2) is 30.3 Å². The van der Waals surface area contributed by atoms with E-state index in [1.807, 2.05) is 0 Å². The summed E-state index contributed by atoms with van der Waals surface area (Å²) >= 11 is 0. The second-order valence-electron chi connectivity index (χ2n) is 5.15. The van der Waals surface area contributed by atoms with Gasteiger partial charge in [-0.3, -0.25) is 4.98 Å². The lowest BCUT2D eigenvalue weighted by Gasteiger charge is -2.09. The Hall–Kier alpha value is -1.63. The number of hydrogen-bond donors (Lipinski definition) is 0. The third-order valence-electron chi connectivity index (χ3n) is 3.65. The largest absolute Gasteiger partial charge is 0.252 e. The fourth-order valence-corrected chi connectivity index (χ4v) is 2.50. The molecule has 0 aliphatic carbocycles. The van der Waals surface area contributed by atoms with Gasteiger partial charge in [0.15, 0.2) is 0 Å². The van der Waals surface area contributed by atoms with Crippen LogP contribution in [-0.4, -0.2) is 4.98 Å². The van der Waals surface area contributed by atoms with E-state index in [0.29, 0.717) is 0 Å². The van der Waals surface area contributed by atoms with Crippen molar-refractivity contribution in [2.75, 3.05) is 0 Å². The Morgan fingerprint density at radius 1 is 1.11 bits per heavy atom. The molecular weight excluding hydrogens is 230 g/mol. The van der Waals surface area contributed by atoms with Gasteiger partial charge in [0, 0.05) is 11.1 Å². The first-order chi connectivity index (χ1) is 9.24. The van der Waals surface area contributed by atoms with E-state index in [1.165, 1.54) is 42.2 Å². The molecule has 1 aromatic carbocycles. The summed E-state index contributed by atoms with van der Waals surface area (Å²) in [6.45, 7) is 6.54. The molecule has 0 saturated heterocycles. The fourth-order valence-electron chi connectivity index (χ4n) is 2.50. The van der Waals surface area contributed by atoms with Gasteiger partial charge in [0.1, 0.15) is 0 Å². The van der Waals surface area contributed by atoms with Gasteiger partial charge in [-0.15, -0.1) is 0 Å². The summed E-state index contributed by atoms with van der Waals surface area (Å²) in [6, 6.07) is 8.38. The molecule has 0 fully saturated rings. The molecule has 1 nitrogen and oxygen atoms in total. The maximum atomic E-state index is 4.70. The number of para-hydroxylation sites is 1. The molecule has 1 heteroatoms. The number of aryl methyl sites for hydroxylation is 2. The summed E-state index contributed by atoms with van der Waals surface area (Å²) in [4.78, 5) is 4.70. The zero-order valence-corrected chi connectivity index (χ0v) is 12.2. The first-order valence-corrected chi connectivity index (χ1v) is 7.26. The van der Waals surface area contributed by atoms with Crippen molar-refractivity contribution < 1.29 is 0 Å². The Bertz CT molecular complexity index is 582. The summed E-state index contributed by atoms with van der Waals surface area (Å²) in [5, 5.41) is 1.27. The van der Waals surface area contributed by atoms with Crippen molar-refractivity contribution in [2.45, 2.75) is 46.5 Å². The molecule has 0 spiro atoms. The third-order valence-corrected chi connectivity index (χ3v) is 3.65. The highest BCUT2D eigenvalue weighted by molar-refractivity contribution is 5.85. The van der Waals surface area contributed by atoms with Gasteiger partial charge in [0.2, 0.25) is 0 Å². The summed E-state index contributed by atoms with van der Waals surface area (Å²) in [5.41, 5.74) is 4.86. The topological polar surface area (TPSA) is 12.9 Å². The molecule has 1 heterocycles. The summed E-state index contributed by atoms with van der Waals surface area (Å²) in [6.07, 6.45) is 9.59. The van der Waals surface area contributed by atoms with E-state index in [9.17, 15) is 0 Å². The molecule has 0 atom stereocenters. The fraction of sp³-hybridized carbons (Fsp3) is 0.389. The number of nitrogens with zero attached hydrogens (tertiary/aromatic N) is 1. The van der Waals surface area contributed by atoms with E-state index in [1.54, 1.807) is 0 Å². The first-order valence-electron chi connectivity index (χ1n) is 7.26. The monoisotopic (exact) mass is 253 g/mol. The zero-order valence-electron chi connectivity index (χ0n) is 12.2. The number of pyridine rings is 1. The highest BCUT2D eigenvalue weighted by atomic mass is 14.7. The smallest absolute Gasteiger partial charge is 0.0708 e. The minimum Gasteiger partial charge on any atom is -0.252 e. The predicted octanol–water partition coefficient (Wildman–Crippen LogP) is 5.45. The molecule has 0 aliphatic heterocycles. The minimum atomic E-state index is 1.10. The van der Waals surface area contributed by atoms with Crippen molar-refractivity contribution in [3.8, 4) is 0 Å². The van der Waals surface area contributed by atoms with E-state index in [-0.39, 0.29) is 0 Å². The summed E-state index contributed by atoms with van der Waals surface area (Å²) in [7, 11) is 0. The molecule has 0 bridgehead atoms. The molecule has 0 radical (unpaired) electrons. The van der Waals surface area contributed by atoms with Gasteiger partial charge in [-0.25, -0.2) is 0 Å². The number of benzene rings is 1. The molecule has 2 rings (SSSR count). The molecule has 0 aliphatic rings. The highest BCUT2D eigenvalue weighted by Gasteiger charge is 2.05. The van der Waals surface area contributed by atoms with Crippen molar-refractivity contribution in [3.05, 3.63) is 47.2 Å². The van der Waals surface area contributed by atoms with Gasteiger partial charge < -0.3 is 0 Å². The molecule has 0 unspecified atom stereocenters. The van der Waals surface area contributed by atoms with Crippen LogP contribution in [0.4, 0.5) is 0 Å². The standard InChI is InChI=1S/C18H23N/c1-4-5-6-7-8-11-16-14(2)17-12-9-10-13-18(17)19-15(16)3/h8-13H,4-7H2,1-3H3. The first kappa shape index (κ1) is 13.8. The number of allylic oxidation sites excluding steroid dienone is 1. The Kier molecular flexibility index (Phi) is 4.73. The van der Waals surface area contributed by atoms with Crippen molar-refractivity contribution in [1.82, 2.24) is 4.98 Å². The number of hydrogen-bond acceptors (Lipinski definition) is 1. The lowest BCUT2D eigenvalue weighted by Crippen LogP contribution is -1.93. The molecule has 19 heavy (non-hydrogen) atoms. The van der Waals surface area contributed by atoms with Gasteiger partial charge in [-0.1, -0.05) is 50.1 Å². The maximum absolute atomic E-state index is 4.70. The number of rotatable bonds is 5. The lowest BCUT2D eigenvalue weighted by molar-refractivity contribution is 0.730. The van der Waals surface area contributed by atoms with Gasteiger partial charge >= 0.3 is 0 Å². The van der Waals surface area contributed by atoms with Crippen LogP contribution in [0.3, 0.4) is 0 Å². The van der Waals surface area contributed by atoms with Crippen LogP contribution < -0.4 is 0 Å². The molecule has 0 saturated carbocycles. The van der Waals surface area contributed by atoms with Crippen molar-refractivity contribution in [1.29, 1.82) is 0 Å². The second kappa shape index (κ2) is 6.51. The zero-order chi connectivity index (χ0) is 13.7. The van der Waals surface area contributed by atoms with Gasteiger partial charge in [-0.05, 0) is 43.9 Å². The predicted molar refractivity (Wildman–Crippen MR) is 84.4 cm³/mol. The molecule has 2 aromatic rings. The van der Waals surface area contributed by atoms with Crippen LogP contribution >= 0.6 is 0 Å². The van der Waals surface area contributed by atoms with Crippen LogP contribution in [0.25, 0.3) is 17.0 Å². The SMILES string of the molecule is CCCCCC=Cc1c(C)nc2ccccc2c1C. The number of fused-ring (bicyclic) bond motifs is 1. The van der Waals surface area contributed by atoms with Crippen LogP contribution in [0.1, 0.15) is 49.4 Å². The third kappa shape index (κ3) is 3.23. The van der Waals surface area contributed by atoms with Gasteiger partial charge in [-0.2, -0.15) is 0 Å². The van der Waals surface area contributed by atoms with Crippen LogP contribution in [0.2, 0.25) is 0 Å². The average Bonchev–Trinajstić information content (AvgIpc) is 2.42. The van der Waals surface area contributed by atoms with Crippen LogP contribution in [0.5, 0.6) is 0 Å². The lowest BCUT2D eigenvalue weighted by atomic mass is 10.0. The second-order valence-corrected chi connectivity index (χ2v) is 5.15. The summed E-state index contributed by atoms with van der Waals surface area (Å²) in [5.74, 6) is 0. The Morgan fingerprint density at radius 2 is 1.89 bits per heavy atom. The van der Waals surface area contributed by atoms with E-state index in [4.69, 9.17) is 4.98 Å². The Balaban J connectivity index is 2.27. The normalized spacial score (nSPS) is 11.5. The molecular formula is C18H23N. The Morgan fingerprint density at radius 3 is 2.68 bits per heavy atom. The van der Waals surface area contributed by atoms with Crippen molar-refractivity contribution in [2.24, 2.45) is 0 Å². The number of aromatic nitrogens is 1. The highest BCUT2D eigenvalue weighted by Crippen LogP contribution is 2.23. The average molecular weight is 253 g/mol. The van der Waals surface area contributed by atoms with Gasteiger partial charge in [0.05, 0.1) is 5.52 Å². The minimum absolute atomic E-state index is 1.10. The van der Waals surface area contributed by atoms with Crippen LogP contribution in [-0.2, 0) is 0 Å². The van der Waals surface area contributed by atoms with Gasteiger partial charge in [0.25, 0.3) is 0 Å².